The van der Waals surface area contributed by atoms with Crippen LogP contribution in [-0.2, 0) is 13.0 Å². The van der Waals surface area contributed by atoms with Crippen molar-refractivity contribution in [1.82, 2.24) is 20.1 Å². The van der Waals surface area contributed by atoms with E-state index in [1.165, 1.54) is 24.8 Å². The van der Waals surface area contributed by atoms with E-state index >= 15 is 0 Å². The molecule has 1 N–H and O–H groups in total. The van der Waals surface area contributed by atoms with E-state index in [2.05, 4.69) is 68.6 Å². The Hall–Kier alpha value is -2.92. The number of aromatic nitrogens is 3. The molecule has 0 atom stereocenters. The topological polar surface area (TPSA) is 58.0 Å². The summed E-state index contributed by atoms with van der Waals surface area (Å²) in [6, 6.07) is 21.0. The summed E-state index contributed by atoms with van der Waals surface area (Å²) in [6.07, 6.45) is 3.62. The number of rotatable bonds is 5. The van der Waals surface area contributed by atoms with Crippen LogP contribution in [-0.4, -0.2) is 33.2 Å². The second kappa shape index (κ2) is 7.60. The molecule has 142 valence electrons. The minimum absolute atomic E-state index is 0.560. The molecule has 1 saturated heterocycles. The van der Waals surface area contributed by atoms with Gasteiger partial charge >= 0.3 is 0 Å². The van der Waals surface area contributed by atoms with Crippen LogP contribution in [0.3, 0.4) is 0 Å². The van der Waals surface area contributed by atoms with Gasteiger partial charge in [0.2, 0.25) is 5.89 Å². The first-order valence-electron chi connectivity index (χ1n) is 10.0. The second-order valence-corrected chi connectivity index (χ2v) is 7.68. The smallest absolute Gasteiger partial charge is 0.264 e. The highest BCUT2D eigenvalue weighted by molar-refractivity contribution is 5.84. The summed E-state index contributed by atoms with van der Waals surface area (Å²) in [5.74, 6) is 2.02. The Kier molecular flexibility index (Phi) is 4.67. The fourth-order valence-corrected chi connectivity index (χ4v) is 4.10. The van der Waals surface area contributed by atoms with Crippen LogP contribution in [0.4, 0.5) is 0 Å². The molecule has 0 radical (unpaired) electrons. The van der Waals surface area contributed by atoms with Gasteiger partial charge in [0.05, 0.1) is 6.54 Å². The average molecular weight is 372 g/mol. The lowest BCUT2D eigenvalue weighted by atomic mass is 9.90. The average Bonchev–Trinajstić information content (AvgIpc) is 3.37. The molecule has 1 aliphatic rings. The van der Waals surface area contributed by atoms with Crippen LogP contribution in [0.2, 0.25) is 0 Å². The summed E-state index contributed by atoms with van der Waals surface area (Å²) < 4.78 is 5.93. The predicted octanol–water partition coefficient (Wildman–Crippen LogP) is 4.67. The van der Waals surface area contributed by atoms with Gasteiger partial charge in [-0.3, -0.25) is 4.90 Å². The number of likely N-dealkylation sites (tertiary alicyclic amines) is 1. The van der Waals surface area contributed by atoms with Crippen LogP contribution in [0, 0.1) is 5.92 Å². The Balaban J connectivity index is 1.19. The van der Waals surface area contributed by atoms with Crippen LogP contribution in [0.15, 0.2) is 65.1 Å². The lowest BCUT2D eigenvalue weighted by molar-refractivity contribution is 0.164. The molecule has 0 saturated carbocycles. The van der Waals surface area contributed by atoms with Crippen LogP contribution >= 0.6 is 0 Å². The number of nitrogens with zero attached hydrogens (tertiary/aromatic N) is 3. The fourth-order valence-electron chi connectivity index (χ4n) is 4.10. The number of para-hydroxylation sites is 1. The molecule has 0 aliphatic carbocycles. The maximum absolute atomic E-state index is 5.93. The minimum atomic E-state index is 0.560. The molecule has 4 aromatic rings. The maximum Gasteiger partial charge on any atom is 0.264 e. The lowest BCUT2D eigenvalue weighted by Crippen LogP contribution is -2.33. The minimum Gasteiger partial charge on any atom is -0.418 e. The molecule has 3 heterocycles. The Morgan fingerprint density at radius 3 is 2.57 bits per heavy atom. The molecule has 2 aromatic carbocycles. The number of H-pyrrole nitrogens is 1. The Morgan fingerprint density at radius 1 is 0.964 bits per heavy atom. The van der Waals surface area contributed by atoms with E-state index in [1.54, 1.807) is 0 Å². The lowest BCUT2D eigenvalue weighted by Gasteiger charge is -2.31. The van der Waals surface area contributed by atoms with Crippen molar-refractivity contribution < 1.29 is 4.42 Å². The molecule has 1 fully saturated rings. The number of hydrogen-bond donors (Lipinski definition) is 1. The number of aromatic amines is 1. The van der Waals surface area contributed by atoms with E-state index in [0.29, 0.717) is 11.8 Å². The molecule has 5 rings (SSSR count). The summed E-state index contributed by atoms with van der Waals surface area (Å²) in [5, 5.41) is 9.66. The zero-order chi connectivity index (χ0) is 18.8. The van der Waals surface area contributed by atoms with Crippen LogP contribution in [0.25, 0.3) is 22.5 Å². The fraction of sp³-hybridized carbons (Fsp3) is 0.304. The van der Waals surface area contributed by atoms with Gasteiger partial charge in [0.25, 0.3) is 5.89 Å². The number of hydrogen-bond acceptors (Lipinski definition) is 4. The number of piperidine rings is 1. The third-order valence-electron chi connectivity index (χ3n) is 5.66. The third-order valence-corrected chi connectivity index (χ3v) is 5.66. The highest BCUT2D eigenvalue weighted by Gasteiger charge is 2.21. The zero-order valence-electron chi connectivity index (χ0n) is 15.8. The number of fused-ring (bicyclic) bond motifs is 1. The third kappa shape index (κ3) is 3.71. The van der Waals surface area contributed by atoms with Crippen molar-refractivity contribution in [2.24, 2.45) is 5.92 Å². The predicted molar refractivity (Wildman–Crippen MR) is 110 cm³/mol. The monoisotopic (exact) mass is 372 g/mol. The van der Waals surface area contributed by atoms with Gasteiger partial charge in [0, 0.05) is 10.9 Å². The van der Waals surface area contributed by atoms with Gasteiger partial charge in [-0.2, -0.15) is 0 Å². The molecule has 0 bridgehead atoms. The molecule has 0 spiro atoms. The van der Waals surface area contributed by atoms with E-state index in [4.69, 9.17) is 4.42 Å². The van der Waals surface area contributed by atoms with Crippen LogP contribution < -0.4 is 0 Å². The van der Waals surface area contributed by atoms with Gasteiger partial charge in [-0.15, -0.1) is 10.2 Å². The van der Waals surface area contributed by atoms with Crippen molar-refractivity contribution in [2.45, 2.75) is 25.8 Å². The summed E-state index contributed by atoms with van der Waals surface area (Å²) in [6.45, 7) is 2.90. The summed E-state index contributed by atoms with van der Waals surface area (Å²) >= 11 is 0. The number of nitrogens with one attached hydrogen (secondary N) is 1. The highest BCUT2D eigenvalue weighted by atomic mass is 16.4. The zero-order valence-corrected chi connectivity index (χ0v) is 15.8. The number of benzene rings is 2. The molecule has 0 amide bonds. The normalized spacial score (nSPS) is 16.0. The molecule has 5 heteroatoms. The van der Waals surface area contributed by atoms with Crippen molar-refractivity contribution in [2.75, 3.05) is 13.1 Å². The van der Waals surface area contributed by atoms with Gasteiger partial charge in [-0.05, 0) is 56.0 Å². The molecule has 5 nitrogen and oxygen atoms in total. The Labute approximate surface area is 164 Å². The standard InChI is InChI=1S/C23H24N4O/c1-2-6-17(7-3-1)14-18-10-12-27(13-11-18)16-22-25-26-23(28-22)21-15-19-8-4-5-9-20(19)24-21/h1-9,15,18,24H,10-14,16H2. The van der Waals surface area contributed by atoms with Gasteiger partial charge in [-0.1, -0.05) is 48.5 Å². The van der Waals surface area contributed by atoms with Crippen LogP contribution in [0.5, 0.6) is 0 Å². The molecular formula is C23H24N4O. The second-order valence-electron chi connectivity index (χ2n) is 7.68. The van der Waals surface area contributed by atoms with Gasteiger partial charge in [0.1, 0.15) is 5.69 Å². The first-order chi connectivity index (χ1) is 13.8. The summed E-state index contributed by atoms with van der Waals surface area (Å²) in [5.41, 5.74) is 3.40. The first-order valence-corrected chi connectivity index (χ1v) is 10.0. The van der Waals surface area contributed by atoms with Crippen LogP contribution in [0.1, 0.15) is 24.3 Å². The van der Waals surface area contributed by atoms with E-state index in [-0.39, 0.29) is 0 Å². The Morgan fingerprint density at radius 2 is 1.75 bits per heavy atom. The Bertz CT molecular complexity index is 1010. The summed E-state index contributed by atoms with van der Waals surface area (Å²) in [4.78, 5) is 5.77. The molecule has 28 heavy (non-hydrogen) atoms. The first kappa shape index (κ1) is 17.2. The van der Waals surface area contributed by atoms with E-state index in [1.807, 2.05) is 12.1 Å². The van der Waals surface area contributed by atoms with Crippen molar-refractivity contribution in [3.05, 3.63) is 72.1 Å². The largest absolute Gasteiger partial charge is 0.418 e. The highest BCUT2D eigenvalue weighted by Crippen LogP contribution is 2.25. The van der Waals surface area contributed by atoms with Crippen molar-refractivity contribution in [3.63, 3.8) is 0 Å². The molecule has 0 unspecified atom stereocenters. The molecular weight excluding hydrogens is 348 g/mol. The SMILES string of the molecule is c1ccc(CC2CCN(Cc3nnc(-c4cc5ccccc5[nH]4)o3)CC2)cc1. The van der Waals surface area contributed by atoms with Crippen molar-refractivity contribution >= 4 is 10.9 Å². The van der Waals surface area contributed by atoms with Gasteiger partial charge < -0.3 is 9.40 Å². The van der Waals surface area contributed by atoms with E-state index in [9.17, 15) is 0 Å². The van der Waals surface area contributed by atoms with Gasteiger partial charge in [0.15, 0.2) is 0 Å². The quantitative estimate of drug-likeness (QED) is 0.553. The van der Waals surface area contributed by atoms with E-state index < -0.39 is 0 Å². The maximum atomic E-state index is 5.93. The summed E-state index contributed by atoms with van der Waals surface area (Å²) in [7, 11) is 0. The molecule has 2 aromatic heterocycles. The van der Waals surface area contributed by atoms with Gasteiger partial charge in [-0.25, -0.2) is 0 Å². The van der Waals surface area contributed by atoms with E-state index in [0.717, 1.165) is 42.1 Å². The van der Waals surface area contributed by atoms with Crippen molar-refractivity contribution in [1.29, 1.82) is 0 Å². The molecule has 1 aliphatic heterocycles. The van der Waals surface area contributed by atoms with Crippen molar-refractivity contribution in [3.8, 4) is 11.6 Å².